The molecule has 0 aliphatic carbocycles. The molecule has 318 valence electrons. The SMILES string of the molecule is CN(C)C(=O)C1CCCN1C(=O)Oc1cc2c3c(c(F)ccc3c1)CCCOC(=O)NC1(C)CC(F)CN(C1)c1nc(OCC34CCCN3CCC4)nc3c(F)c-2ncc13. The predicted octanol–water partition coefficient (Wildman–Crippen LogP) is 6.16. The third kappa shape index (κ3) is 7.27. The van der Waals surface area contributed by atoms with E-state index < -0.39 is 41.6 Å². The summed E-state index contributed by atoms with van der Waals surface area (Å²) in [7, 11) is 3.25. The molecule has 8 heterocycles. The summed E-state index contributed by atoms with van der Waals surface area (Å²) in [5, 5.41) is 3.76. The third-order valence-electron chi connectivity index (χ3n) is 12.9. The fraction of sp³-hybridized carbons (Fsp3) is 0.535. The van der Waals surface area contributed by atoms with Gasteiger partial charge >= 0.3 is 18.2 Å². The monoisotopic (exact) mass is 830 g/mol. The van der Waals surface area contributed by atoms with Crippen LogP contribution in [0.25, 0.3) is 32.9 Å². The molecule has 4 saturated heterocycles. The summed E-state index contributed by atoms with van der Waals surface area (Å²) in [4.78, 5) is 60.7. The molecule has 6 aliphatic heterocycles. The van der Waals surface area contributed by atoms with Crippen LogP contribution in [0, 0.1) is 11.6 Å². The van der Waals surface area contributed by atoms with Crippen LogP contribution in [0.4, 0.5) is 28.6 Å². The first-order valence-corrected chi connectivity index (χ1v) is 20.8. The number of benzene rings is 2. The van der Waals surface area contributed by atoms with Crippen molar-refractivity contribution in [2.45, 2.75) is 88.0 Å². The van der Waals surface area contributed by atoms with Crippen LogP contribution in [-0.4, -0.2) is 131 Å². The number of amides is 3. The Kier molecular flexibility index (Phi) is 10.4. The number of alkyl halides is 1. The van der Waals surface area contributed by atoms with Crippen LogP contribution < -0.4 is 19.7 Å². The van der Waals surface area contributed by atoms with Gasteiger partial charge in [-0.25, -0.2) is 22.8 Å². The quantitative estimate of drug-likeness (QED) is 0.247. The van der Waals surface area contributed by atoms with Crippen LogP contribution in [0.1, 0.15) is 63.9 Å². The summed E-state index contributed by atoms with van der Waals surface area (Å²) in [6.07, 6.45) is 3.85. The van der Waals surface area contributed by atoms with Crippen LogP contribution in [-0.2, 0) is 16.0 Å². The molecule has 10 rings (SSSR count). The summed E-state index contributed by atoms with van der Waals surface area (Å²) in [6.45, 7) is 4.17. The van der Waals surface area contributed by atoms with Gasteiger partial charge in [-0.2, -0.15) is 9.97 Å². The van der Waals surface area contributed by atoms with E-state index in [-0.39, 0.29) is 102 Å². The molecule has 4 aromatic rings. The molecule has 0 saturated carbocycles. The van der Waals surface area contributed by atoms with E-state index in [4.69, 9.17) is 19.2 Å². The topological polar surface area (TPSA) is 143 Å². The molecule has 2 aromatic carbocycles. The van der Waals surface area contributed by atoms with E-state index in [1.807, 2.05) is 0 Å². The number of aromatic nitrogens is 3. The molecular formula is C43H49F3N8O6. The molecule has 14 nitrogen and oxygen atoms in total. The lowest BCUT2D eigenvalue weighted by molar-refractivity contribution is -0.132. The number of hydrogen-bond donors (Lipinski definition) is 1. The van der Waals surface area contributed by atoms with E-state index in [1.54, 1.807) is 32.0 Å². The van der Waals surface area contributed by atoms with Crippen LogP contribution >= 0.6 is 0 Å². The van der Waals surface area contributed by atoms with Crippen molar-refractivity contribution in [3.05, 3.63) is 47.7 Å². The van der Waals surface area contributed by atoms with Crippen LogP contribution in [0.5, 0.6) is 11.8 Å². The summed E-state index contributed by atoms with van der Waals surface area (Å²) in [5.41, 5.74) is -1.30. The minimum atomic E-state index is -1.39. The maximum atomic E-state index is 17.6. The number of nitrogens with zero attached hydrogens (tertiary/aromatic N) is 7. The second-order valence-corrected chi connectivity index (χ2v) is 17.4. The highest BCUT2D eigenvalue weighted by Gasteiger charge is 2.45. The second-order valence-electron chi connectivity index (χ2n) is 17.4. The molecule has 1 N–H and O–H groups in total. The number of nitrogens with one attached hydrogen (secondary N) is 1. The van der Waals surface area contributed by atoms with Gasteiger partial charge in [-0.05, 0) is 106 Å². The minimum absolute atomic E-state index is 0.000111. The Balaban J connectivity index is 1.20. The minimum Gasteiger partial charge on any atom is -0.461 e. The Labute approximate surface area is 345 Å². The summed E-state index contributed by atoms with van der Waals surface area (Å²) >= 11 is 0. The number of ether oxygens (including phenoxy) is 3. The summed E-state index contributed by atoms with van der Waals surface area (Å²) in [6, 6.07) is 4.99. The molecule has 6 bridgehead atoms. The van der Waals surface area contributed by atoms with Crippen molar-refractivity contribution >= 4 is 45.6 Å². The zero-order chi connectivity index (χ0) is 41.9. The number of aryl methyl sites for hydroxylation is 1. The van der Waals surface area contributed by atoms with Gasteiger partial charge in [0, 0.05) is 45.4 Å². The van der Waals surface area contributed by atoms with Gasteiger partial charge in [0.25, 0.3) is 0 Å². The molecule has 2 aromatic heterocycles. The van der Waals surface area contributed by atoms with E-state index in [2.05, 4.69) is 20.2 Å². The molecule has 0 radical (unpaired) electrons. The highest BCUT2D eigenvalue weighted by Crippen LogP contribution is 2.42. The number of alkyl carbamates (subject to hydrolysis) is 1. The number of rotatable bonds is 5. The van der Waals surface area contributed by atoms with Crippen molar-refractivity contribution in [1.29, 1.82) is 0 Å². The molecular weight excluding hydrogens is 782 g/mol. The van der Waals surface area contributed by atoms with E-state index in [0.29, 0.717) is 30.2 Å². The number of carbonyl (C=O) groups is 3. The number of pyridine rings is 1. The van der Waals surface area contributed by atoms with Crippen molar-refractivity contribution < 1.29 is 41.8 Å². The van der Waals surface area contributed by atoms with Gasteiger partial charge in [0.1, 0.15) is 47.4 Å². The van der Waals surface area contributed by atoms with E-state index in [1.165, 1.54) is 34.2 Å². The second kappa shape index (κ2) is 15.5. The first-order chi connectivity index (χ1) is 28.8. The lowest BCUT2D eigenvalue weighted by Crippen LogP contribution is -2.60. The van der Waals surface area contributed by atoms with Crippen molar-refractivity contribution in [2.24, 2.45) is 0 Å². The molecule has 3 amide bonds. The van der Waals surface area contributed by atoms with Gasteiger partial charge in [0.2, 0.25) is 5.91 Å². The summed E-state index contributed by atoms with van der Waals surface area (Å²) < 4.78 is 67.2. The normalized spacial score (nSPS) is 24.1. The largest absolute Gasteiger partial charge is 0.461 e. The maximum absolute atomic E-state index is 17.6. The molecule has 17 heteroatoms. The number of halogens is 3. The van der Waals surface area contributed by atoms with Gasteiger partial charge < -0.3 is 29.3 Å². The molecule has 0 spiro atoms. The van der Waals surface area contributed by atoms with Gasteiger partial charge in [0.15, 0.2) is 5.82 Å². The average molecular weight is 831 g/mol. The van der Waals surface area contributed by atoms with Crippen LogP contribution in [0.2, 0.25) is 0 Å². The standard InChI is InChI=1S/C43H49F3N8O6/c1-42-20-26(44)22-52(23-42)37-30-21-47-35(34(46)36(30)48-39(49-37)59-24-43-12-6-14-53(43)15-7-13-43)29-19-27(60-41(57)54-16-4-9-32(54)38(55)51(2)3)18-25-10-11-31(45)28(33(25)29)8-5-17-58-40(56)50-42/h10-11,18-19,21,26,32H,4-9,12-17,20,22-24H2,1-3H3,(H,50,56). The zero-order valence-electron chi connectivity index (χ0n) is 34.1. The Morgan fingerprint density at radius 3 is 2.65 bits per heavy atom. The molecule has 60 heavy (non-hydrogen) atoms. The van der Waals surface area contributed by atoms with Crippen molar-refractivity contribution in [3.63, 3.8) is 0 Å². The number of carbonyl (C=O) groups excluding carboxylic acids is 3. The smallest absolute Gasteiger partial charge is 0.415 e. The highest BCUT2D eigenvalue weighted by molar-refractivity contribution is 6.02. The fourth-order valence-corrected chi connectivity index (χ4v) is 10.1. The van der Waals surface area contributed by atoms with E-state index >= 15 is 13.2 Å². The Hall–Kier alpha value is -5.45. The number of anilines is 1. The zero-order valence-corrected chi connectivity index (χ0v) is 34.1. The van der Waals surface area contributed by atoms with E-state index in [0.717, 1.165) is 38.8 Å². The van der Waals surface area contributed by atoms with E-state index in [9.17, 15) is 14.4 Å². The van der Waals surface area contributed by atoms with Crippen LogP contribution in [0.3, 0.4) is 0 Å². The molecule has 3 atom stereocenters. The average Bonchev–Trinajstić information content (AvgIpc) is 3.95. The lowest BCUT2D eigenvalue weighted by Gasteiger charge is -2.42. The van der Waals surface area contributed by atoms with Gasteiger partial charge in [-0.3, -0.25) is 19.6 Å². The number of piperidine rings is 1. The number of hydrogen-bond acceptors (Lipinski definition) is 11. The predicted molar refractivity (Wildman–Crippen MR) is 216 cm³/mol. The highest BCUT2D eigenvalue weighted by atomic mass is 19.1. The molecule has 3 unspecified atom stereocenters. The Morgan fingerprint density at radius 1 is 1.07 bits per heavy atom. The molecule has 6 aliphatic rings. The van der Waals surface area contributed by atoms with Gasteiger partial charge in [0.05, 0.1) is 29.6 Å². The number of fused-ring (bicyclic) bond motifs is 7. The fourth-order valence-electron chi connectivity index (χ4n) is 10.1. The summed E-state index contributed by atoms with van der Waals surface area (Å²) in [5.74, 6) is -1.46. The number of likely N-dealkylation sites (N-methyl/N-ethyl adjacent to an activating group) is 1. The Morgan fingerprint density at radius 2 is 1.87 bits per heavy atom. The Bertz CT molecular complexity index is 2370. The number of likely N-dealkylation sites (tertiary alicyclic amines) is 1. The van der Waals surface area contributed by atoms with Crippen molar-refractivity contribution in [3.8, 4) is 23.0 Å². The van der Waals surface area contributed by atoms with Crippen LogP contribution in [0.15, 0.2) is 30.5 Å². The first kappa shape index (κ1) is 40.0. The van der Waals surface area contributed by atoms with Gasteiger partial charge in [-0.15, -0.1) is 0 Å². The van der Waals surface area contributed by atoms with Crippen molar-refractivity contribution in [1.82, 2.24) is 35.0 Å². The third-order valence-corrected chi connectivity index (χ3v) is 12.9. The maximum Gasteiger partial charge on any atom is 0.415 e. The van der Waals surface area contributed by atoms with Crippen molar-refractivity contribution in [2.75, 3.05) is 64.9 Å². The first-order valence-electron chi connectivity index (χ1n) is 20.8. The molecule has 4 fully saturated rings. The lowest BCUT2D eigenvalue weighted by atomic mass is 9.90. The van der Waals surface area contributed by atoms with Gasteiger partial charge in [-0.1, -0.05) is 6.07 Å².